The Labute approximate surface area is 277 Å². The van der Waals surface area contributed by atoms with Gasteiger partial charge < -0.3 is 35.2 Å². The van der Waals surface area contributed by atoms with Crippen LogP contribution in [0.4, 0.5) is 10.5 Å². The molecule has 0 spiro atoms. The van der Waals surface area contributed by atoms with Gasteiger partial charge in [0.15, 0.2) is 12.5 Å². The van der Waals surface area contributed by atoms with Crippen LogP contribution in [0.2, 0.25) is 0 Å². The number of carbonyl (C=O) groups excluding carboxylic acids is 1. The Morgan fingerprint density at radius 1 is 0.830 bits per heavy atom. The quantitative estimate of drug-likeness (QED) is 0.0784. The first-order valence-corrected chi connectivity index (χ1v) is 16.3. The molecule has 1 aliphatic rings. The molecule has 1 saturated heterocycles. The standard InChI is InChI=1S/C37H35N3O6S/c41-24-27-11-13-28(14-12-27)34-22-33(25-47-35-8-4-5-21-40(35)43)45-36(46-34)29-15-9-26(10-16-29)23-38-37(42)39-30-17-19-32(20-18-30)44-31-6-2-1-3-7-31/h1-21,33-34,36,41H,22-25H2,(H2,38,39,42)/t33-,34+,36+/m1/s1. The van der Waals surface area contributed by atoms with Crippen molar-refractivity contribution in [2.45, 2.75) is 43.1 Å². The SMILES string of the molecule is O=C(NCc1ccc([C@H]2O[C@@H](CSc3cccc[n+]3[O-])C[C@@H](c3ccc(CO)cc3)O2)cc1)Nc1ccc(Oc2ccccc2)cc1. The average Bonchev–Trinajstić information content (AvgIpc) is 3.12. The van der Waals surface area contributed by atoms with Crippen LogP contribution in [0.5, 0.6) is 11.5 Å². The van der Waals surface area contributed by atoms with Crippen LogP contribution in [-0.4, -0.2) is 23.0 Å². The maximum atomic E-state index is 12.6. The lowest BCUT2D eigenvalue weighted by Gasteiger charge is -2.36. The number of hydrogen-bond acceptors (Lipinski definition) is 7. The van der Waals surface area contributed by atoms with E-state index in [1.54, 1.807) is 36.4 Å². The Bertz CT molecular complexity index is 1740. The zero-order chi connectivity index (χ0) is 32.4. The zero-order valence-electron chi connectivity index (χ0n) is 25.5. The van der Waals surface area contributed by atoms with E-state index in [-0.39, 0.29) is 24.8 Å². The summed E-state index contributed by atoms with van der Waals surface area (Å²) in [6.45, 7) is 0.308. The molecule has 3 atom stereocenters. The minimum Gasteiger partial charge on any atom is -0.618 e. The number of anilines is 1. The van der Waals surface area contributed by atoms with Gasteiger partial charge in [-0.05, 0) is 59.2 Å². The number of aliphatic hydroxyl groups excluding tert-OH is 1. The summed E-state index contributed by atoms with van der Waals surface area (Å²) in [5.74, 6) is 2.00. The second kappa shape index (κ2) is 15.6. The summed E-state index contributed by atoms with van der Waals surface area (Å²) in [4.78, 5) is 12.6. The number of aromatic nitrogens is 1. The summed E-state index contributed by atoms with van der Waals surface area (Å²) < 4.78 is 19.5. The van der Waals surface area contributed by atoms with E-state index in [2.05, 4.69) is 10.6 Å². The molecule has 6 rings (SSSR count). The van der Waals surface area contributed by atoms with Crippen molar-refractivity contribution in [2.75, 3.05) is 11.1 Å². The molecule has 2 heterocycles. The molecule has 9 nitrogen and oxygen atoms in total. The molecular weight excluding hydrogens is 614 g/mol. The Morgan fingerprint density at radius 2 is 1.51 bits per heavy atom. The van der Waals surface area contributed by atoms with E-state index in [0.29, 0.717) is 35.2 Å². The zero-order valence-corrected chi connectivity index (χ0v) is 26.3. The molecule has 0 bridgehead atoms. The van der Waals surface area contributed by atoms with Gasteiger partial charge in [-0.25, -0.2) is 4.79 Å². The second-order valence-corrected chi connectivity index (χ2v) is 12.1. The lowest BCUT2D eigenvalue weighted by molar-refractivity contribution is -0.645. The van der Waals surface area contributed by atoms with Crippen molar-refractivity contribution in [1.29, 1.82) is 0 Å². The third-order valence-electron chi connectivity index (χ3n) is 7.62. The van der Waals surface area contributed by atoms with Gasteiger partial charge in [0.05, 0.1) is 18.8 Å². The number of hydrogen-bond donors (Lipinski definition) is 3. The number of carbonyl (C=O) groups is 1. The van der Waals surface area contributed by atoms with E-state index in [1.165, 1.54) is 18.0 Å². The topological polar surface area (TPSA) is 116 Å². The molecule has 0 saturated carbocycles. The van der Waals surface area contributed by atoms with Crippen LogP contribution < -0.4 is 20.1 Å². The smallest absolute Gasteiger partial charge is 0.319 e. The molecule has 0 unspecified atom stereocenters. The van der Waals surface area contributed by atoms with Gasteiger partial charge in [0.25, 0.3) is 5.03 Å². The van der Waals surface area contributed by atoms with Gasteiger partial charge in [-0.2, -0.15) is 4.73 Å². The van der Waals surface area contributed by atoms with Gasteiger partial charge in [-0.3, -0.25) is 0 Å². The van der Waals surface area contributed by atoms with Crippen LogP contribution in [0.15, 0.2) is 133 Å². The third kappa shape index (κ3) is 8.90. The number of rotatable bonds is 11. The highest BCUT2D eigenvalue weighted by molar-refractivity contribution is 7.99. The summed E-state index contributed by atoms with van der Waals surface area (Å²) in [5.41, 5.74) is 4.24. The molecule has 240 valence electrons. The molecule has 0 radical (unpaired) electrons. The number of benzene rings is 4. The second-order valence-electron chi connectivity index (χ2n) is 11.0. The first-order valence-electron chi connectivity index (χ1n) is 15.3. The summed E-state index contributed by atoms with van der Waals surface area (Å²) in [5, 5.41) is 28.0. The van der Waals surface area contributed by atoms with Gasteiger partial charge >= 0.3 is 6.03 Å². The lowest BCUT2D eigenvalue weighted by atomic mass is 10.0. The van der Waals surface area contributed by atoms with Crippen molar-refractivity contribution >= 4 is 23.5 Å². The van der Waals surface area contributed by atoms with Crippen LogP contribution in [-0.2, 0) is 22.6 Å². The van der Waals surface area contributed by atoms with Crippen LogP contribution in [0.1, 0.15) is 41.1 Å². The number of urea groups is 1. The van der Waals surface area contributed by atoms with Gasteiger partial charge in [0.1, 0.15) is 11.5 Å². The number of thioether (sulfide) groups is 1. The first kappa shape index (κ1) is 32.1. The van der Waals surface area contributed by atoms with Crippen LogP contribution in [0.3, 0.4) is 0 Å². The molecule has 10 heteroatoms. The molecule has 4 aromatic carbocycles. The Kier molecular flexibility index (Phi) is 10.7. The normalized spacial score (nSPS) is 17.5. The number of ether oxygens (including phenoxy) is 3. The first-order chi connectivity index (χ1) is 23.0. The Balaban J connectivity index is 1.05. The van der Waals surface area contributed by atoms with Gasteiger partial charge in [-0.15, -0.1) is 0 Å². The number of amides is 2. The molecule has 47 heavy (non-hydrogen) atoms. The van der Waals surface area contributed by atoms with Crippen molar-refractivity contribution < 1.29 is 28.8 Å². The minimum atomic E-state index is -0.619. The van der Waals surface area contributed by atoms with E-state index in [4.69, 9.17) is 14.2 Å². The number of nitrogens with zero attached hydrogens (tertiary/aromatic N) is 1. The number of pyridine rings is 1. The van der Waals surface area contributed by atoms with E-state index >= 15 is 0 Å². The van der Waals surface area contributed by atoms with E-state index in [9.17, 15) is 15.1 Å². The highest BCUT2D eigenvalue weighted by atomic mass is 32.2. The van der Waals surface area contributed by atoms with Gasteiger partial charge in [-0.1, -0.05) is 78.5 Å². The number of nitrogens with one attached hydrogen (secondary N) is 2. The monoisotopic (exact) mass is 649 g/mol. The predicted molar refractivity (Wildman–Crippen MR) is 180 cm³/mol. The fourth-order valence-electron chi connectivity index (χ4n) is 5.11. The summed E-state index contributed by atoms with van der Waals surface area (Å²) in [7, 11) is 0. The van der Waals surface area contributed by atoms with Crippen molar-refractivity contribution in [3.05, 3.63) is 155 Å². The molecule has 0 aliphatic carbocycles. The summed E-state index contributed by atoms with van der Waals surface area (Å²) >= 11 is 1.45. The fraction of sp³-hybridized carbons (Fsp3) is 0.189. The van der Waals surface area contributed by atoms with Gasteiger partial charge in [0, 0.05) is 42.1 Å². The van der Waals surface area contributed by atoms with Crippen LogP contribution in [0.25, 0.3) is 0 Å². The fourth-order valence-corrected chi connectivity index (χ4v) is 6.04. The van der Waals surface area contributed by atoms with Crippen molar-refractivity contribution in [2.24, 2.45) is 0 Å². The Morgan fingerprint density at radius 3 is 2.23 bits per heavy atom. The molecule has 1 aliphatic heterocycles. The Hall–Kier alpha value is -4.87. The maximum Gasteiger partial charge on any atom is 0.319 e. The average molecular weight is 650 g/mol. The molecule has 3 N–H and O–H groups in total. The maximum absolute atomic E-state index is 12.6. The largest absolute Gasteiger partial charge is 0.618 e. The summed E-state index contributed by atoms with van der Waals surface area (Å²) in [6, 6.07) is 37.2. The number of aliphatic hydroxyl groups is 1. The molecule has 5 aromatic rings. The third-order valence-corrected chi connectivity index (χ3v) is 8.77. The highest BCUT2D eigenvalue weighted by Gasteiger charge is 2.32. The highest BCUT2D eigenvalue weighted by Crippen LogP contribution is 2.39. The number of para-hydroxylation sites is 1. The van der Waals surface area contributed by atoms with Crippen molar-refractivity contribution in [1.82, 2.24) is 5.32 Å². The predicted octanol–water partition coefficient (Wildman–Crippen LogP) is 7.26. The lowest BCUT2D eigenvalue weighted by Crippen LogP contribution is -2.32. The van der Waals surface area contributed by atoms with E-state index in [1.807, 2.05) is 84.9 Å². The minimum absolute atomic E-state index is 0.0242. The van der Waals surface area contributed by atoms with Crippen LogP contribution in [0, 0.1) is 5.21 Å². The van der Waals surface area contributed by atoms with Crippen LogP contribution >= 0.6 is 11.8 Å². The molecule has 1 fully saturated rings. The molecule has 1 aromatic heterocycles. The van der Waals surface area contributed by atoms with Crippen molar-refractivity contribution in [3.8, 4) is 11.5 Å². The van der Waals surface area contributed by atoms with Crippen molar-refractivity contribution in [3.63, 3.8) is 0 Å². The van der Waals surface area contributed by atoms with Gasteiger partial charge in [0.2, 0.25) is 0 Å². The summed E-state index contributed by atoms with van der Waals surface area (Å²) in [6.07, 6.45) is 1.08. The molecular formula is C37H35N3O6S. The molecule has 2 amide bonds. The van der Waals surface area contributed by atoms with E-state index < -0.39 is 6.29 Å². The van der Waals surface area contributed by atoms with E-state index in [0.717, 1.165) is 32.7 Å².